The molecule has 0 bridgehead atoms. The first kappa shape index (κ1) is 18.5. The summed E-state index contributed by atoms with van der Waals surface area (Å²) >= 11 is 0. The zero-order chi connectivity index (χ0) is 20.5. The molecule has 2 atom stereocenters. The lowest BCUT2D eigenvalue weighted by molar-refractivity contribution is 0.0653. The highest BCUT2D eigenvalue weighted by Gasteiger charge is 2.45. The largest absolute Gasteiger partial charge is 0.496 e. The zero-order valence-corrected chi connectivity index (χ0v) is 16.7. The summed E-state index contributed by atoms with van der Waals surface area (Å²) in [6.45, 7) is 0. The summed E-state index contributed by atoms with van der Waals surface area (Å²) in [4.78, 5) is 13.6. The van der Waals surface area contributed by atoms with E-state index in [0.717, 1.165) is 42.1 Å². The van der Waals surface area contributed by atoms with Crippen LogP contribution in [0.4, 0.5) is 0 Å². The van der Waals surface area contributed by atoms with Crippen LogP contribution in [0.25, 0.3) is 6.08 Å². The van der Waals surface area contributed by atoms with Crippen molar-refractivity contribution in [1.82, 2.24) is 5.01 Å². The third-order valence-electron chi connectivity index (χ3n) is 5.74. The summed E-state index contributed by atoms with van der Waals surface area (Å²) in [6.07, 6.45) is 8.19. The number of carbonyl (C=O) groups excluding carboxylic acids is 1. The lowest BCUT2D eigenvalue weighted by Crippen LogP contribution is -2.31. The maximum atomic E-state index is 13.6. The summed E-state index contributed by atoms with van der Waals surface area (Å²) in [5.41, 5.74) is 2.52. The third-order valence-corrected chi connectivity index (χ3v) is 5.74. The van der Waals surface area contributed by atoms with E-state index in [9.17, 15) is 4.79 Å². The summed E-state index contributed by atoms with van der Waals surface area (Å²) in [6, 6.07) is 14.5. The summed E-state index contributed by atoms with van der Waals surface area (Å²) in [5, 5.41) is 6.40. The number of nitrogens with zero attached hydrogens (tertiary/aromatic N) is 2. The Kier molecular flexibility index (Phi) is 4.75. The van der Waals surface area contributed by atoms with Crippen LogP contribution < -0.4 is 4.74 Å². The Morgan fingerprint density at radius 2 is 1.97 bits per heavy atom. The van der Waals surface area contributed by atoms with Crippen LogP contribution in [0.2, 0.25) is 0 Å². The number of fused-ring (bicyclic) bond motifs is 1. The zero-order valence-electron chi connectivity index (χ0n) is 16.7. The maximum Gasteiger partial charge on any atom is 0.278 e. The average Bonchev–Trinajstić information content (AvgIpc) is 3.53. The molecule has 3 heterocycles. The molecule has 152 valence electrons. The van der Waals surface area contributed by atoms with Crippen molar-refractivity contribution in [2.45, 2.75) is 25.3 Å². The van der Waals surface area contributed by atoms with E-state index in [1.807, 2.05) is 42.5 Å². The van der Waals surface area contributed by atoms with E-state index < -0.39 is 0 Å². The van der Waals surface area contributed by atoms with E-state index >= 15 is 0 Å². The van der Waals surface area contributed by atoms with Crippen LogP contribution in [-0.2, 0) is 0 Å². The van der Waals surface area contributed by atoms with Gasteiger partial charge in [0.05, 0.1) is 30.9 Å². The van der Waals surface area contributed by atoms with Gasteiger partial charge < -0.3 is 13.6 Å². The third kappa shape index (κ3) is 3.14. The second-order valence-electron chi connectivity index (χ2n) is 7.48. The molecule has 0 radical (unpaired) electrons. The van der Waals surface area contributed by atoms with Crippen molar-refractivity contribution < 1.29 is 18.4 Å². The number of benzene rings is 1. The number of methoxy groups -OCH3 is 1. The van der Waals surface area contributed by atoms with Gasteiger partial charge in [-0.25, -0.2) is 5.01 Å². The molecule has 1 aliphatic heterocycles. The lowest BCUT2D eigenvalue weighted by Gasteiger charge is -2.28. The lowest BCUT2D eigenvalue weighted by atomic mass is 9.79. The number of hydrogen-bond acceptors (Lipinski definition) is 5. The van der Waals surface area contributed by atoms with Gasteiger partial charge in [-0.2, -0.15) is 5.10 Å². The van der Waals surface area contributed by atoms with Gasteiger partial charge in [0.2, 0.25) is 0 Å². The fraction of sp³-hybridized carbons (Fsp3) is 0.250. The monoisotopic (exact) mass is 402 g/mol. The molecular formula is C24H22N2O4. The molecular weight excluding hydrogens is 380 g/mol. The molecule has 0 N–H and O–H groups in total. The number of carbonyl (C=O) groups is 1. The predicted octanol–water partition coefficient (Wildman–Crippen LogP) is 5.32. The van der Waals surface area contributed by atoms with Gasteiger partial charge in [-0.15, -0.1) is 0 Å². The topological polar surface area (TPSA) is 68.2 Å². The summed E-state index contributed by atoms with van der Waals surface area (Å²) in [5.74, 6) is 1.93. The van der Waals surface area contributed by atoms with Crippen LogP contribution in [0.15, 0.2) is 80.6 Å². The first-order valence-electron chi connectivity index (χ1n) is 10.1. The minimum absolute atomic E-state index is 0.0739. The Labute approximate surface area is 174 Å². The Hall–Kier alpha value is -3.54. The molecule has 3 aromatic rings. The van der Waals surface area contributed by atoms with Crippen LogP contribution in [-0.4, -0.2) is 23.7 Å². The van der Waals surface area contributed by atoms with Crippen molar-refractivity contribution in [3.63, 3.8) is 0 Å². The van der Waals surface area contributed by atoms with E-state index in [1.165, 1.54) is 0 Å². The van der Waals surface area contributed by atoms with Gasteiger partial charge in [0.1, 0.15) is 23.3 Å². The number of furan rings is 2. The highest BCUT2D eigenvalue weighted by Crippen LogP contribution is 2.45. The minimum atomic E-state index is -0.285. The van der Waals surface area contributed by atoms with E-state index in [4.69, 9.17) is 18.7 Å². The van der Waals surface area contributed by atoms with Gasteiger partial charge in [-0.3, -0.25) is 4.79 Å². The first-order chi connectivity index (χ1) is 14.8. The van der Waals surface area contributed by atoms with Crippen molar-refractivity contribution >= 4 is 17.7 Å². The van der Waals surface area contributed by atoms with Gasteiger partial charge in [0.15, 0.2) is 0 Å². The second-order valence-corrected chi connectivity index (χ2v) is 7.48. The van der Waals surface area contributed by atoms with Crippen LogP contribution in [0.1, 0.15) is 47.2 Å². The number of hydrogen-bond donors (Lipinski definition) is 0. The van der Waals surface area contributed by atoms with Crippen molar-refractivity contribution in [3.8, 4) is 5.75 Å². The first-order valence-corrected chi connectivity index (χ1v) is 10.1. The van der Waals surface area contributed by atoms with Gasteiger partial charge in [0.25, 0.3) is 5.91 Å². The highest BCUT2D eigenvalue weighted by molar-refractivity contribution is 6.09. The molecule has 1 saturated carbocycles. The second kappa shape index (κ2) is 7.71. The normalized spacial score (nSPS) is 22.1. The average molecular weight is 402 g/mol. The molecule has 6 heteroatoms. The van der Waals surface area contributed by atoms with Gasteiger partial charge in [0, 0.05) is 5.92 Å². The van der Waals surface area contributed by atoms with Crippen LogP contribution in [0, 0.1) is 5.92 Å². The molecule has 30 heavy (non-hydrogen) atoms. The van der Waals surface area contributed by atoms with Gasteiger partial charge in [-0.1, -0.05) is 12.1 Å². The molecule has 2 aromatic heterocycles. The number of rotatable bonds is 4. The van der Waals surface area contributed by atoms with E-state index in [0.29, 0.717) is 11.3 Å². The summed E-state index contributed by atoms with van der Waals surface area (Å²) in [7, 11) is 1.57. The number of amides is 1. The maximum absolute atomic E-state index is 13.6. The molecule has 0 unspecified atom stereocenters. The van der Waals surface area contributed by atoms with E-state index in [2.05, 4.69) is 0 Å². The molecule has 6 nitrogen and oxygen atoms in total. The fourth-order valence-electron chi connectivity index (χ4n) is 4.40. The number of allylic oxidation sites excluding steroid dienone is 1. The van der Waals surface area contributed by atoms with E-state index in [-0.39, 0.29) is 17.9 Å². The number of ether oxygens (including phenoxy) is 1. The minimum Gasteiger partial charge on any atom is -0.496 e. The van der Waals surface area contributed by atoms with Crippen molar-refractivity contribution in [1.29, 1.82) is 0 Å². The Bertz CT molecular complexity index is 1100. The fourth-order valence-corrected chi connectivity index (χ4v) is 4.40. The molecule has 0 spiro atoms. The Morgan fingerprint density at radius 1 is 1.13 bits per heavy atom. The van der Waals surface area contributed by atoms with Crippen molar-refractivity contribution in [3.05, 3.63) is 83.7 Å². The van der Waals surface area contributed by atoms with Crippen molar-refractivity contribution in [2.24, 2.45) is 11.0 Å². The molecule has 2 aliphatic rings. The van der Waals surface area contributed by atoms with Crippen LogP contribution in [0.5, 0.6) is 5.75 Å². The Morgan fingerprint density at radius 3 is 2.73 bits per heavy atom. The predicted molar refractivity (Wildman–Crippen MR) is 112 cm³/mol. The van der Waals surface area contributed by atoms with Gasteiger partial charge in [-0.05, 0) is 67.3 Å². The van der Waals surface area contributed by atoms with E-state index in [1.54, 1.807) is 36.8 Å². The molecule has 0 saturated heterocycles. The standard InChI is InChI=1S/C24H22N2O4/c1-28-20-11-3-2-9-18(20)24(27)26-23(21-12-6-14-30-21)19-10-4-7-16(22(19)25-26)15-17-8-5-13-29-17/h2-3,5-6,8-9,11-15,19,23H,4,7,10H2,1H3/b16-15+/t19-,23-/m1/s1. The van der Waals surface area contributed by atoms with Crippen LogP contribution >= 0.6 is 0 Å². The SMILES string of the molecule is COc1ccccc1C(=O)N1N=C2/C(=C/c3ccco3)CCC[C@H]2[C@@H]1c1ccco1. The molecule has 1 amide bonds. The van der Waals surface area contributed by atoms with Crippen LogP contribution in [0.3, 0.4) is 0 Å². The molecule has 1 aromatic carbocycles. The number of para-hydroxylation sites is 1. The molecule has 1 fully saturated rings. The molecule has 1 aliphatic carbocycles. The Balaban J connectivity index is 1.59. The smallest absolute Gasteiger partial charge is 0.278 e. The van der Waals surface area contributed by atoms with Crippen molar-refractivity contribution in [2.75, 3.05) is 7.11 Å². The summed E-state index contributed by atoms with van der Waals surface area (Å²) < 4.78 is 16.7. The molecule has 5 rings (SSSR count). The quantitative estimate of drug-likeness (QED) is 0.592. The number of hydrazone groups is 1. The highest BCUT2D eigenvalue weighted by atomic mass is 16.5. The van der Waals surface area contributed by atoms with Gasteiger partial charge >= 0.3 is 0 Å².